The number of hydrogen-bond acceptors (Lipinski definition) is 7. The number of rotatable bonds is 5. The van der Waals surface area contributed by atoms with Gasteiger partial charge >= 0.3 is 22.7 Å². The van der Waals surface area contributed by atoms with Crippen LogP contribution in [0.25, 0.3) is 0 Å². The molecule has 70 valence electrons. The third-order valence-electron chi connectivity index (χ3n) is 0.601. The fourth-order valence-electron chi connectivity index (χ4n) is 0.290. The Morgan fingerprint density at radius 2 is 1.67 bits per heavy atom. The molecule has 12 heavy (non-hydrogen) atoms. The van der Waals surface area contributed by atoms with Gasteiger partial charge in [-0.1, -0.05) is 0 Å². The van der Waals surface area contributed by atoms with Gasteiger partial charge in [-0.25, -0.2) is 0 Å². The van der Waals surface area contributed by atoms with Crippen LogP contribution in [0.5, 0.6) is 0 Å². The molecule has 0 aliphatic rings. The predicted molar refractivity (Wildman–Crippen MR) is 33.7 cm³/mol. The third kappa shape index (κ3) is 5.49. The topological polar surface area (TPSA) is 130 Å². The lowest BCUT2D eigenvalue weighted by Crippen LogP contribution is -2.20. The van der Waals surface area contributed by atoms with Crippen LogP contribution in [-0.2, 0) is 14.3 Å². The first-order valence-corrected chi connectivity index (χ1v) is 4.02. The minimum atomic E-state index is -4.42. The Bertz CT molecular complexity index is 280. The van der Waals surface area contributed by atoms with Gasteiger partial charge in [0.25, 0.3) is 0 Å². The Hall–Kier alpha value is -1.29. The second kappa shape index (κ2) is 3.92. The third-order valence-corrected chi connectivity index (χ3v) is 1.59. The highest BCUT2D eigenvalue weighted by molar-refractivity contribution is 7.86. The van der Waals surface area contributed by atoms with Crippen molar-refractivity contribution in [3.63, 3.8) is 0 Å². The SMILES string of the molecule is O=[N+]([O-])COS(=O)(=O)C[N+](=O)[O-]. The van der Waals surface area contributed by atoms with E-state index in [0.717, 1.165) is 0 Å². The van der Waals surface area contributed by atoms with Crippen molar-refractivity contribution in [3.8, 4) is 0 Å². The van der Waals surface area contributed by atoms with E-state index < -0.39 is 32.6 Å². The fourth-order valence-corrected chi connectivity index (χ4v) is 0.869. The zero-order chi connectivity index (χ0) is 9.78. The van der Waals surface area contributed by atoms with Crippen molar-refractivity contribution < 1.29 is 22.4 Å². The monoisotopic (exact) mass is 200 g/mol. The number of nitro groups is 2. The average molecular weight is 200 g/mol. The van der Waals surface area contributed by atoms with Crippen LogP contribution in [-0.4, -0.2) is 30.9 Å². The minimum absolute atomic E-state index is 1.06. The molecule has 0 bridgehead atoms. The van der Waals surface area contributed by atoms with E-state index >= 15 is 0 Å². The molecule has 0 saturated carbocycles. The molecule has 0 saturated heterocycles. The van der Waals surface area contributed by atoms with Gasteiger partial charge in [0, 0.05) is 4.92 Å². The van der Waals surface area contributed by atoms with E-state index in [0.29, 0.717) is 0 Å². The van der Waals surface area contributed by atoms with Gasteiger partial charge in [-0.15, -0.1) is 0 Å². The molecule has 0 atom stereocenters. The summed E-state index contributed by atoms with van der Waals surface area (Å²) in [5.74, 6) is -1.47. The number of nitrogens with zero attached hydrogens (tertiary/aromatic N) is 2. The second-order valence-corrected chi connectivity index (χ2v) is 3.21. The van der Waals surface area contributed by atoms with Crippen molar-refractivity contribution in [2.45, 2.75) is 0 Å². The van der Waals surface area contributed by atoms with Crippen molar-refractivity contribution in [1.29, 1.82) is 0 Å². The van der Waals surface area contributed by atoms with Gasteiger partial charge in [-0.05, 0) is 0 Å². The highest BCUT2D eigenvalue weighted by Gasteiger charge is 2.21. The molecule has 0 heterocycles. The Balaban J connectivity index is 4.06. The first-order valence-electron chi connectivity index (χ1n) is 2.44. The molecule has 0 unspecified atom stereocenters. The van der Waals surface area contributed by atoms with Crippen LogP contribution in [0.4, 0.5) is 0 Å². The summed E-state index contributed by atoms with van der Waals surface area (Å²) >= 11 is 0. The van der Waals surface area contributed by atoms with Crippen LogP contribution in [0, 0.1) is 20.2 Å². The van der Waals surface area contributed by atoms with Crippen LogP contribution in [0.2, 0.25) is 0 Å². The van der Waals surface area contributed by atoms with Crippen molar-refractivity contribution >= 4 is 10.1 Å². The molecule has 0 N–H and O–H groups in total. The smallest absolute Gasteiger partial charge is 0.263 e. The standard InChI is InChI=1S/C2H4N2O7S/c5-3(6)1-11-12(9,10)2-4(7)8/h1-2H2. The molecule has 9 nitrogen and oxygen atoms in total. The Kier molecular flexibility index (Phi) is 3.50. The summed E-state index contributed by atoms with van der Waals surface area (Å²) in [6.45, 7) is -1.30. The van der Waals surface area contributed by atoms with E-state index in [1.165, 1.54) is 0 Å². The fraction of sp³-hybridized carbons (Fsp3) is 1.00. The zero-order valence-electron chi connectivity index (χ0n) is 5.57. The Labute approximate surface area is 66.4 Å². The molecule has 0 rings (SSSR count). The van der Waals surface area contributed by atoms with Crippen LogP contribution >= 0.6 is 0 Å². The molecule has 0 radical (unpaired) electrons. The molecule has 0 amide bonds. The van der Waals surface area contributed by atoms with Crippen LogP contribution in [0.3, 0.4) is 0 Å². The molecule has 0 aromatic carbocycles. The summed E-state index contributed by atoms with van der Waals surface area (Å²) in [5.41, 5.74) is 0. The van der Waals surface area contributed by atoms with E-state index in [1.807, 2.05) is 0 Å². The van der Waals surface area contributed by atoms with Crippen LogP contribution in [0.15, 0.2) is 0 Å². The summed E-state index contributed by atoms with van der Waals surface area (Å²) in [7, 11) is -4.42. The zero-order valence-corrected chi connectivity index (χ0v) is 6.39. The van der Waals surface area contributed by atoms with Crippen LogP contribution < -0.4 is 0 Å². The summed E-state index contributed by atoms with van der Waals surface area (Å²) in [6.07, 6.45) is 0. The van der Waals surface area contributed by atoms with E-state index in [4.69, 9.17) is 0 Å². The highest BCUT2D eigenvalue weighted by atomic mass is 32.2. The van der Waals surface area contributed by atoms with Crippen molar-refractivity contribution in [3.05, 3.63) is 20.2 Å². The maximum atomic E-state index is 10.4. The molecule has 0 fully saturated rings. The van der Waals surface area contributed by atoms with Gasteiger partial charge in [0.1, 0.15) is 0 Å². The van der Waals surface area contributed by atoms with Gasteiger partial charge in [0.15, 0.2) is 0 Å². The minimum Gasteiger partial charge on any atom is -0.263 e. The summed E-state index contributed by atoms with van der Waals surface area (Å²) in [4.78, 5) is 17.0. The lowest BCUT2D eigenvalue weighted by atomic mass is 11.4. The average Bonchev–Trinajstić information content (AvgIpc) is 1.81. The quantitative estimate of drug-likeness (QED) is 0.236. The summed E-state index contributed by atoms with van der Waals surface area (Å²) in [5, 5.41) is 19.2. The van der Waals surface area contributed by atoms with Gasteiger partial charge in [0.2, 0.25) is 0 Å². The van der Waals surface area contributed by atoms with E-state index in [-0.39, 0.29) is 0 Å². The molecular formula is C2H4N2O7S. The molecule has 0 aliphatic heterocycles. The largest absolute Gasteiger partial charge is 0.340 e. The maximum absolute atomic E-state index is 10.4. The van der Waals surface area contributed by atoms with Crippen molar-refractivity contribution in [2.75, 3.05) is 12.6 Å². The first-order chi connectivity index (χ1) is 5.33. The molecule has 0 aromatic rings. The van der Waals surface area contributed by atoms with E-state index in [1.54, 1.807) is 0 Å². The predicted octanol–water partition coefficient (Wildman–Crippen LogP) is -1.20. The summed E-state index contributed by atoms with van der Waals surface area (Å²) < 4.78 is 24.4. The lowest BCUT2D eigenvalue weighted by Gasteiger charge is -1.95. The van der Waals surface area contributed by atoms with Gasteiger partial charge in [-0.2, -0.15) is 12.6 Å². The van der Waals surface area contributed by atoms with Gasteiger partial charge < -0.3 is 0 Å². The lowest BCUT2D eigenvalue weighted by molar-refractivity contribution is -0.515. The first kappa shape index (κ1) is 10.7. The van der Waals surface area contributed by atoms with Gasteiger partial charge in [-0.3, -0.25) is 20.2 Å². The molecular weight excluding hydrogens is 196 g/mol. The highest BCUT2D eigenvalue weighted by Crippen LogP contribution is 1.92. The normalized spacial score (nSPS) is 11.0. The second-order valence-electron chi connectivity index (χ2n) is 1.60. The Morgan fingerprint density at radius 3 is 2.00 bits per heavy atom. The van der Waals surface area contributed by atoms with Crippen LogP contribution in [0.1, 0.15) is 0 Å². The van der Waals surface area contributed by atoms with Gasteiger partial charge in [0.05, 0.1) is 4.92 Å². The number of hydrogen-bond donors (Lipinski definition) is 0. The summed E-state index contributed by atoms with van der Waals surface area (Å²) in [6, 6.07) is 0. The van der Waals surface area contributed by atoms with E-state index in [2.05, 4.69) is 4.18 Å². The molecule has 0 aliphatic carbocycles. The van der Waals surface area contributed by atoms with E-state index in [9.17, 15) is 28.6 Å². The molecule has 10 heteroatoms. The van der Waals surface area contributed by atoms with Crippen molar-refractivity contribution in [1.82, 2.24) is 0 Å². The molecule has 0 aromatic heterocycles. The Morgan fingerprint density at radius 1 is 1.17 bits per heavy atom. The molecule has 0 spiro atoms. The van der Waals surface area contributed by atoms with Crippen molar-refractivity contribution in [2.24, 2.45) is 0 Å². The maximum Gasteiger partial charge on any atom is 0.340 e.